The van der Waals surface area contributed by atoms with Gasteiger partial charge in [0.1, 0.15) is 6.54 Å². The first-order valence-electron chi connectivity index (χ1n) is 4.97. The highest BCUT2D eigenvalue weighted by atomic mass is 19.3. The Labute approximate surface area is 95.2 Å². The Morgan fingerprint density at radius 1 is 1.35 bits per heavy atom. The third-order valence-corrected chi connectivity index (χ3v) is 1.95. The van der Waals surface area contributed by atoms with Gasteiger partial charge in [-0.25, -0.2) is 13.5 Å². The van der Waals surface area contributed by atoms with E-state index in [-0.39, 0.29) is 18.4 Å². The maximum atomic E-state index is 12.8. The molecule has 0 aliphatic carbocycles. The summed E-state index contributed by atoms with van der Waals surface area (Å²) in [6, 6.07) is 0.107. The van der Waals surface area contributed by atoms with Gasteiger partial charge in [-0.2, -0.15) is 8.78 Å². The van der Waals surface area contributed by atoms with Gasteiger partial charge in [0, 0.05) is 6.04 Å². The summed E-state index contributed by atoms with van der Waals surface area (Å²) in [5.41, 5.74) is 0. The topological polar surface area (TPSA) is 55.6 Å². The van der Waals surface area contributed by atoms with Gasteiger partial charge < -0.3 is 5.32 Å². The first-order valence-corrected chi connectivity index (χ1v) is 4.97. The molecule has 0 aromatic carbocycles. The third kappa shape index (κ3) is 3.91. The molecular weight excluding hydrogens is 242 g/mol. The standard InChI is InChI=1S/C8H13F4N5/c1-5(2)13-3-6-14-15-16-17(6)4-8(11,12)7(9)10/h5,7,13H,3-4H2,1-2H3. The summed E-state index contributed by atoms with van der Waals surface area (Å²) in [4.78, 5) is 0. The van der Waals surface area contributed by atoms with Crippen molar-refractivity contribution in [2.24, 2.45) is 0 Å². The SMILES string of the molecule is CC(C)NCc1nnnn1CC(F)(F)C(F)F. The van der Waals surface area contributed by atoms with E-state index < -0.39 is 18.9 Å². The van der Waals surface area contributed by atoms with Crippen LogP contribution in [-0.4, -0.2) is 38.6 Å². The van der Waals surface area contributed by atoms with Crippen molar-refractivity contribution in [1.29, 1.82) is 0 Å². The van der Waals surface area contributed by atoms with Gasteiger partial charge >= 0.3 is 12.3 Å². The lowest BCUT2D eigenvalue weighted by molar-refractivity contribution is -0.140. The third-order valence-electron chi connectivity index (χ3n) is 1.95. The minimum absolute atomic E-state index is 0.0963. The molecule has 98 valence electrons. The highest BCUT2D eigenvalue weighted by Gasteiger charge is 2.42. The van der Waals surface area contributed by atoms with Crippen LogP contribution in [0.15, 0.2) is 0 Å². The van der Waals surface area contributed by atoms with E-state index in [1.165, 1.54) is 0 Å². The molecule has 0 atom stereocenters. The molecule has 1 aromatic rings. The second-order valence-corrected chi connectivity index (χ2v) is 3.85. The van der Waals surface area contributed by atoms with Gasteiger partial charge in [-0.1, -0.05) is 13.8 Å². The molecule has 1 heterocycles. The number of hydrogen-bond acceptors (Lipinski definition) is 4. The number of aromatic nitrogens is 4. The van der Waals surface area contributed by atoms with Gasteiger partial charge in [0.25, 0.3) is 0 Å². The van der Waals surface area contributed by atoms with Crippen LogP contribution in [0.5, 0.6) is 0 Å². The van der Waals surface area contributed by atoms with E-state index in [1.54, 1.807) is 0 Å². The number of halogens is 4. The van der Waals surface area contributed by atoms with Crippen molar-refractivity contribution in [3.63, 3.8) is 0 Å². The molecule has 5 nitrogen and oxygen atoms in total. The van der Waals surface area contributed by atoms with E-state index in [4.69, 9.17) is 0 Å². The van der Waals surface area contributed by atoms with E-state index in [9.17, 15) is 17.6 Å². The highest BCUT2D eigenvalue weighted by molar-refractivity contribution is 4.83. The van der Waals surface area contributed by atoms with Gasteiger partial charge in [-0.05, 0) is 10.4 Å². The van der Waals surface area contributed by atoms with Crippen molar-refractivity contribution in [2.75, 3.05) is 0 Å². The fourth-order valence-electron chi connectivity index (χ4n) is 1.04. The summed E-state index contributed by atoms with van der Waals surface area (Å²) in [6.45, 7) is 2.61. The molecular formula is C8H13F4N5. The summed E-state index contributed by atoms with van der Waals surface area (Å²) < 4.78 is 50.3. The van der Waals surface area contributed by atoms with Gasteiger partial charge in [0.05, 0.1) is 6.54 Å². The lowest BCUT2D eigenvalue weighted by atomic mass is 10.3. The number of alkyl halides is 4. The van der Waals surface area contributed by atoms with Gasteiger partial charge in [0.15, 0.2) is 5.82 Å². The molecule has 0 spiro atoms. The Morgan fingerprint density at radius 2 is 2.00 bits per heavy atom. The molecule has 1 rings (SSSR count). The van der Waals surface area contributed by atoms with Crippen molar-refractivity contribution in [2.45, 2.75) is 45.3 Å². The van der Waals surface area contributed by atoms with E-state index in [1.807, 2.05) is 13.8 Å². The molecule has 0 saturated heterocycles. The fraction of sp³-hybridized carbons (Fsp3) is 0.875. The second kappa shape index (κ2) is 5.39. The molecule has 0 aliphatic heterocycles. The first-order chi connectivity index (χ1) is 7.83. The molecule has 9 heteroatoms. The van der Waals surface area contributed by atoms with Crippen molar-refractivity contribution in [3.05, 3.63) is 5.82 Å². The van der Waals surface area contributed by atoms with Gasteiger partial charge in [-0.3, -0.25) is 0 Å². The monoisotopic (exact) mass is 255 g/mol. The van der Waals surface area contributed by atoms with Crippen LogP contribution in [-0.2, 0) is 13.1 Å². The van der Waals surface area contributed by atoms with E-state index in [2.05, 4.69) is 20.8 Å². The number of tetrazole rings is 1. The van der Waals surface area contributed by atoms with Crippen LogP contribution in [0.3, 0.4) is 0 Å². The van der Waals surface area contributed by atoms with Crippen LogP contribution < -0.4 is 5.32 Å². The van der Waals surface area contributed by atoms with Gasteiger partial charge in [0.2, 0.25) is 0 Å². The lowest BCUT2D eigenvalue weighted by Crippen LogP contribution is -2.34. The predicted octanol–water partition coefficient (Wildman–Crippen LogP) is 1.07. The summed E-state index contributed by atoms with van der Waals surface area (Å²) in [5.74, 6) is -4.04. The Hall–Kier alpha value is -1.25. The molecule has 0 aliphatic rings. The molecule has 0 bridgehead atoms. The number of nitrogens with zero attached hydrogens (tertiary/aromatic N) is 4. The number of hydrogen-bond donors (Lipinski definition) is 1. The quantitative estimate of drug-likeness (QED) is 0.772. The van der Waals surface area contributed by atoms with Gasteiger partial charge in [-0.15, -0.1) is 5.10 Å². The van der Waals surface area contributed by atoms with Crippen molar-refractivity contribution < 1.29 is 17.6 Å². The fourth-order valence-corrected chi connectivity index (χ4v) is 1.04. The zero-order valence-corrected chi connectivity index (χ0v) is 9.37. The van der Waals surface area contributed by atoms with E-state index in [0.717, 1.165) is 0 Å². The number of rotatable bonds is 6. The maximum Gasteiger partial charge on any atom is 0.326 e. The van der Waals surface area contributed by atoms with E-state index in [0.29, 0.717) is 4.68 Å². The zero-order valence-electron chi connectivity index (χ0n) is 9.37. The minimum atomic E-state index is -4.14. The average molecular weight is 255 g/mol. The summed E-state index contributed by atoms with van der Waals surface area (Å²) in [5, 5.41) is 12.9. The van der Waals surface area contributed by atoms with Crippen LogP contribution in [0.4, 0.5) is 17.6 Å². The van der Waals surface area contributed by atoms with Crippen LogP contribution in [0.2, 0.25) is 0 Å². The highest BCUT2D eigenvalue weighted by Crippen LogP contribution is 2.24. The summed E-state index contributed by atoms with van der Waals surface area (Å²) in [7, 11) is 0. The molecule has 17 heavy (non-hydrogen) atoms. The molecule has 0 amide bonds. The Bertz CT molecular complexity index is 351. The smallest absolute Gasteiger partial charge is 0.308 e. The summed E-state index contributed by atoms with van der Waals surface area (Å²) in [6.07, 6.45) is -3.74. The Kier molecular flexibility index (Phi) is 4.38. The van der Waals surface area contributed by atoms with Crippen molar-refractivity contribution >= 4 is 0 Å². The molecule has 1 aromatic heterocycles. The minimum Gasteiger partial charge on any atom is -0.308 e. The normalized spacial score (nSPS) is 12.7. The lowest BCUT2D eigenvalue weighted by Gasteiger charge is -2.15. The Morgan fingerprint density at radius 3 is 2.53 bits per heavy atom. The van der Waals surface area contributed by atoms with Crippen molar-refractivity contribution in [3.8, 4) is 0 Å². The van der Waals surface area contributed by atoms with Crippen LogP contribution in [0.25, 0.3) is 0 Å². The molecule has 0 radical (unpaired) electrons. The molecule has 0 unspecified atom stereocenters. The average Bonchev–Trinajstić information content (AvgIpc) is 2.61. The molecule has 0 saturated carbocycles. The second-order valence-electron chi connectivity index (χ2n) is 3.85. The predicted molar refractivity (Wildman–Crippen MR) is 50.7 cm³/mol. The molecule has 1 N–H and O–H groups in total. The van der Waals surface area contributed by atoms with Crippen LogP contribution in [0, 0.1) is 0 Å². The van der Waals surface area contributed by atoms with Crippen molar-refractivity contribution in [1.82, 2.24) is 25.5 Å². The zero-order chi connectivity index (χ0) is 13.1. The van der Waals surface area contributed by atoms with E-state index >= 15 is 0 Å². The van der Waals surface area contributed by atoms with Crippen LogP contribution >= 0.6 is 0 Å². The van der Waals surface area contributed by atoms with Crippen LogP contribution in [0.1, 0.15) is 19.7 Å². The number of nitrogens with one attached hydrogen (secondary N) is 1. The Balaban J connectivity index is 2.69. The first kappa shape index (κ1) is 13.8. The largest absolute Gasteiger partial charge is 0.326 e. The maximum absolute atomic E-state index is 12.8. The molecule has 0 fully saturated rings. The summed E-state index contributed by atoms with van der Waals surface area (Å²) >= 11 is 0.